The zero-order valence-corrected chi connectivity index (χ0v) is 20.0. The molecule has 2 aromatic heterocycles. The maximum absolute atomic E-state index is 12.9. The average Bonchev–Trinajstić information content (AvgIpc) is 3.41. The van der Waals surface area contributed by atoms with Gasteiger partial charge in [0.25, 0.3) is 5.91 Å². The molecule has 1 aliphatic heterocycles. The number of hydrogen-bond donors (Lipinski definition) is 0. The molecule has 0 unspecified atom stereocenters. The van der Waals surface area contributed by atoms with E-state index in [1.807, 2.05) is 24.3 Å². The maximum Gasteiger partial charge on any atom is 0.266 e. The molecule has 0 saturated carbocycles. The largest absolute Gasteiger partial charge is 0.493 e. The Morgan fingerprint density at radius 3 is 2.48 bits per heavy atom. The molecule has 7 nitrogen and oxygen atoms in total. The predicted molar refractivity (Wildman–Crippen MR) is 132 cm³/mol. The number of amides is 1. The second-order valence-corrected chi connectivity index (χ2v) is 8.70. The van der Waals surface area contributed by atoms with E-state index in [1.165, 1.54) is 11.8 Å². The van der Waals surface area contributed by atoms with Crippen molar-refractivity contribution in [3.8, 4) is 28.6 Å². The van der Waals surface area contributed by atoms with Crippen molar-refractivity contribution in [3.63, 3.8) is 0 Å². The molecule has 0 aliphatic carbocycles. The Labute approximate surface area is 201 Å². The van der Waals surface area contributed by atoms with Gasteiger partial charge in [-0.15, -0.1) is 0 Å². The van der Waals surface area contributed by atoms with Gasteiger partial charge in [-0.25, -0.2) is 0 Å². The summed E-state index contributed by atoms with van der Waals surface area (Å²) in [5.74, 6) is 2.57. The summed E-state index contributed by atoms with van der Waals surface area (Å²) in [6.45, 7) is 0.480. The smallest absolute Gasteiger partial charge is 0.266 e. The average molecular weight is 483 g/mol. The maximum atomic E-state index is 12.9. The first kappa shape index (κ1) is 22.9. The molecule has 3 heterocycles. The van der Waals surface area contributed by atoms with Gasteiger partial charge in [-0.2, -0.15) is 0 Å². The lowest BCUT2D eigenvalue weighted by atomic mass is 10.1. The van der Waals surface area contributed by atoms with Gasteiger partial charge in [0.2, 0.25) is 5.75 Å². The SMILES string of the molecule is COc1cc(-c2ccc(/C=C3\SC(=S)N(CCc4ccccn4)C3=O)o2)cc(OC)c1OC. The van der Waals surface area contributed by atoms with Gasteiger partial charge in [-0.1, -0.05) is 30.0 Å². The fourth-order valence-electron chi connectivity index (χ4n) is 3.40. The number of nitrogens with zero attached hydrogens (tertiary/aromatic N) is 2. The van der Waals surface area contributed by atoms with Gasteiger partial charge in [-0.3, -0.25) is 14.7 Å². The number of hydrogen-bond acceptors (Lipinski definition) is 8. The first-order chi connectivity index (χ1) is 16.0. The Morgan fingerprint density at radius 2 is 1.85 bits per heavy atom. The highest BCUT2D eigenvalue weighted by Gasteiger charge is 2.32. The van der Waals surface area contributed by atoms with Crippen LogP contribution in [0.15, 0.2) is 58.0 Å². The Morgan fingerprint density at radius 1 is 1.09 bits per heavy atom. The van der Waals surface area contributed by atoms with Crippen molar-refractivity contribution in [2.24, 2.45) is 0 Å². The third-order valence-electron chi connectivity index (χ3n) is 5.04. The van der Waals surface area contributed by atoms with Crippen molar-refractivity contribution in [1.82, 2.24) is 9.88 Å². The summed E-state index contributed by atoms with van der Waals surface area (Å²) in [7, 11) is 4.67. The highest BCUT2D eigenvalue weighted by atomic mass is 32.2. The minimum Gasteiger partial charge on any atom is -0.493 e. The van der Waals surface area contributed by atoms with Gasteiger partial charge in [0.05, 0.1) is 26.2 Å². The molecule has 9 heteroatoms. The van der Waals surface area contributed by atoms with Crippen molar-refractivity contribution in [3.05, 3.63) is 65.0 Å². The Bertz CT molecular complexity index is 1180. The van der Waals surface area contributed by atoms with Crippen LogP contribution in [0.1, 0.15) is 11.5 Å². The fraction of sp³-hybridized carbons (Fsp3) is 0.208. The number of pyridine rings is 1. The lowest BCUT2D eigenvalue weighted by molar-refractivity contribution is -0.122. The summed E-state index contributed by atoms with van der Waals surface area (Å²) >= 11 is 6.69. The van der Waals surface area contributed by atoms with Crippen LogP contribution in [0.25, 0.3) is 17.4 Å². The molecule has 170 valence electrons. The van der Waals surface area contributed by atoms with Gasteiger partial charge in [0.1, 0.15) is 15.8 Å². The molecule has 0 N–H and O–H groups in total. The van der Waals surface area contributed by atoms with Gasteiger partial charge in [0.15, 0.2) is 11.5 Å². The van der Waals surface area contributed by atoms with Crippen LogP contribution < -0.4 is 14.2 Å². The van der Waals surface area contributed by atoms with E-state index in [1.54, 1.807) is 56.7 Å². The van der Waals surface area contributed by atoms with Crippen LogP contribution in [0.2, 0.25) is 0 Å². The predicted octanol–water partition coefficient (Wildman–Crippen LogP) is 4.81. The normalized spacial score (nSPS) is 14.8. The number of benzene rings is 1. The van der Waals surface area contributed by atoms with Crippen molar-refractivity contribution < 1.29 is 23.4 Å². The number of thiocarbonyl (C=S) groups is 1. The Hall–Kier alpha value is -3.30. The van der Waals surface area contributed by atoms with Crippen molar-refractivity contribution in [2.45, 2.75) is 6.42 Å². The molecule has 1 aromatic carbocycles. The van der Waals surface area contributed by atoms with E-state index in [2.05, 4.69) is 4.98 Å². The number of aromatic nitrogens is 1. The van der Waals surface area contributed by atoms with Crippen LogP contribution in [0.3, 0.4) is 0 Å². The van der Waals surface area contributed by atoms with Crippen LogP contribution in [0.4, 0.5) is 0 Å². The Balaban J connectivity index is 1.53. The van der Waals surface area contributed by atoms with Gasteiger partial charge >= 0.3 is 0 Å². The quantitative estimate of drug-likeness (QED) is 0.335. The summed E-state index contributed by atoms with van der Waals surface area (Å²) in [5.41, 5.74) is 1.67. The number of ether oxygens (including phenoxy) is 3. The highest BCUT2D eigenvalue weighted by molar-refractivity contribution is 8.26. The summed E-state index contributed by atoms with van der Waals surface area (Å²) in [4.78, 5) is 19.3. The summed E-state index contributed by atoms with van der Waals surface area (Å²) < 4.78 is 22.7. The van der Waals surface area contributed by atoms with Crippen LogP contribution >= 0.6 is 24.0 Å². The van der Waals surface area contributed by atoms with E-state index >= 15 is 0 Å². The molecule has 1 amide bonds. The first-order valence-corrected chi connectivity index (χ1v) is 11.3. The summed E-state index contributed by atoms with van der Waals surface area (Å²) in [6, 6.07) is 13.0. The molecular formula is C24H22N2O5S2. The van der Waals surface area contributed by atoms with Crippen LogP contribution in [0.5, 0.6) is 17.2 Å². The fourth-order valence-corrected chi connectivity index (χ4v) is 4.69. The monoisotopic (exact) mass is 482 g/mol. The summed E-state index contributed by atoms with van der Waals surface area (Å²) in [6.07, 6.45) is 4.08. The van der Waals surface area contributed by atoms with Crippen molar-refractivity contribution in [2.75, 3.05) is 27.9 Å². The lowest BCUT2D eigenvalue weighted by Gasteiger charge is -2.13. The van der Waals surface area contributed by atoms with E-state index in [0.29, 0.717) is 51.0 Å². The minimum absolute atomic E-state index is 0.133. The van der Waals surface area contributed by atoms with E-state index in [0.717, 1.165) is 11.3 Å². The number of carbonyl (C=O) groups is 1. The lowest BCUT2D eigenvalue weighted by Crippen LogP contribution is -2.30. The Kier molecular flexibility index (Phi) is 7.00. The summed E-state index contributed by atoms with van der Waals surface area (Å²) in [5, 5.41) is 0. The van der Waals surface area contributed by atoms with E-state index < -0.39 is 0 Å². The van der Waals surface area contributed by atoms with Crippen LogP contribution in [-0.4, -0.2) is 48.0 Å². The van der Waals surface area contributed by atoms with E-state index in [4.69, 9.17) is 30.8 Å². The third kappa shape index (κ3) is 4.89. The number of methoxy groups -OCH3 is 3. The van der Waals surface area contributed by atoms with Crippen molar-refractivity contribution in [1.29, 1.82) is 0 Å². The molecule has 0 atom stereocenters. The molecule has 0 spiro atoms. The van der Waals surface area contributed by atoms with E-state index in [9.17, 15) is 4.79 Å². The second kappa shape index (κ2) is 10.1. The molecule has 33 heavy (non-hydrogen) atoms. The van der Waals surface area contributed by atoms with Gasteiger partial charge in [0, 0.05) is 36.5 Å². The zero-order valence-electron chi connectivity index (χ0n) is 18.4. The highest BCUT2D eigenvalue weighted by Crippen LogP contribution is 2.42. The molecular weight excluding hydrogens is 460 g/mol. The zero-order chi connectivity index (χ0) is 23.4. The standard InChI is InChI=1S/C24H22N2O5S2/c1-28-19-12-15(13-20(29-2)22(19)30-3)18-8-7-17(31-18)14-21-23(27)26(24(32)33-21)11-9-16-6-4-5-10-25-16/h4-8,10,12-14H,9,11H2,1-3H3/b21-14-. The molecule has 3 aromatic rings. The first-order valence-electron chi connectivity index (χ1n) is 10.1. The van der Waals surface area contributed by atoms with Gasteiger partial charge in [-0.05, 0) is 36.4 Å². The molecule has 0 bridgehead atoms. The third-order valence-corrected chi connectivity index (χ3v) is 6.42. The van der Waals surface area contributed by atoms with Crippen LogP contribution in [0, 0.1) is 0 Å². The molecule has 1 fully saturated rings. The molecule has 1 saturated heterocycles. The van der Waals surface area contributed by atoms with Crippen molar-refractivity contribution >= 4 is 40.3 Å². The number of rotatable bonds is 8. The number of carbonyl (C=O) groups excluding carboxylic acids is 1. The molecule has 1 aliphatic rings. The van der Waals surface area contributed by atoms with E-state index in [-0.39, 0.29) is 5.91 Å². The minimum atomic E-state index is -0.133. The second-order valence-electron chi connectivity index (χ2n) is 7.02. The van der Waals surface area contributed by atoms with Crippen LogP contribution in [-0.2, 0) is 11.2 Å². The molecule has 0 radical (unpaired) electrons. The number of furan rings is 1. The number of thioether (sulfide) groups is 1. The molecule has 4 rings (SSSR count). The topological polar surface area (TPSA) is 74.0 Å². The van der Waals surface area contributed by atoms with Gasteiger partial charge < -0.3 is 18.6 Å².